The largest absolute Gasteiger partial charge is 0.494 e. The van der Waals surface area contributed by atoms with Crippen LogP contribution in [-0.4, -0.2) is 57.4 Å². The van der Waals surface area contributed by atoms with Gasteiger partial charge in [0.05, 0.1) is 18.9 Å². The van der Waals surface area contributed by atoms with Gasteiger partial charge in [0.15, 0.2) is 0 Å². The Bertz CT molecular complexity index is 864. The van der Waals surface area contributed by atoms with Crippen LogP contribution in [0.4, 0.5) is 10.1 Å². The molecule has 1 saturated carbocycles. The minimum absolute atomic E-state index is 0.256. The summed E-state index contributed by atoms with van der Waals surface area (Å²) < 4.78 is 25.5. The van der Waals surface area contributed by atoms with Gasteiger partial charge in [-0.15, -0.1) is 0 Å². The van der Waals surface area contributed by atoms with Gasteiger partial charge >= 0.3 is 0 Å². The third-order valence-electron chi connectivity index (χ3n) is 7.71. The summed E-state index contributed by atoms with van der Waals surface area (Å²) in [5.74, 6) is 1.46. The van der Waals surface area contributed by atoms with Gasteiger partial charge in [0.1, 0.15) is 11.6 Å². The number of nitrogens with zero attached hydrogens (tertiary/aromatic N) is 2. The highest BCUT2D eigenvalue weighted by molar-refractivity contribution is 5.59. The topological polar surface area (TPSA) is 24.9 Å². The molecule has 2 unspecified atom stereocenters. The molecule has 2 fully saturated rings. The van der Waals surface area contributed by atoms with Crippen LogP contribution in [0, 0.1) is 11.7 Å². The molecule has 34 heavy (non-hydrogen) atoms. The van der Waals surface area contributed by atoms with Crippen LogP contribution in [0.3, 0.4) is 0 Å². The van der Waals surface area contributed by atoms with Gasteiger partial charge in [-0.1, -0.05) is 49.6 Å². The van der Waals surface area contributed by atoms with Crippen molar-refractivity contribution in [2.75, 3.05) is 51.3 Å². The predicted octanol–water partition coefficient (Wildman–Crippen LogP) is 6.12. The van der Waals surface area contributed by atoms with Gasteiger partial charge in [-0.05, 0) is 56.3 Å². The minimum atomic E-state index is -0.256. The molecule has 4 rings (SSSR count). The lowest BCUT2D eigenvalue weighted by molar-refractivity contribution is -0.0146. The molecule has 0 radical (unpaired) electrons. The van der Waals surface area contributed by atoms with E-state index in [-0.39, 0.29) is 5.82 Å². The van der Waals surface area contributed by atoms with Crippen molar-refractivity contribution in [1.82, 2.24) is 4.90 Å². The van der Waals surface area contributed by atoms with E-state index in [0.717, 1.165) is 51.4 Å². The highest BCUT2D eigenvalue weighted by Crippen LogP contribution is 2.37. The molecule has 0 aromatic heterocycles. The Morgan fingerprint density at radius 3 is 2.38 bits per heavy atom. The Balaban J connectivity index is 1.40. The van der Waals surface area contributed by atoms with Crippen molar-refractivity contribution < 1.29 is 13.9 Å². The molecule has 0 bridgehead atoms. The quantitative estimate of drug-likeness (QED) is 0.420. The lowest BCUT2D eigenvalue weighted by Crippen LogP contribution is -2.47. The monoisotopic (exact) mass is 468 g/mol. The molecule has 1 heterocycles. The van der Waals surface area contributed by atoms with E-state index < -0.39 is 0 Å². The molecule has 1 aliphatic heterocycles. The fourth-order valence-corrected chi connectivity index (χ4v) is 5.90. The second kappa shape index (κ2) is 12.6. The second-order valence-corrected chi connectivity index (χ2v) is 9.77. The van der Waals surface area contributed by atoms with E-state index in [1.165, 1.54) is 49.8 Å². The number of rotatable bonds is 10. The summed E-state index contributed by atoms with van der Waals surface area (Å²) in [6.45, 7) is 7.86. The van der Waals surface area contributed by atoms with E-state index in [1.54, 1.807) is 7.11 Å². The van der Waals surface area contributed by atoms with Crippen LogP contribution >= 0.6 is 0 Å². The summed E-state index contributed by atoms with van der Waals surface area (Å²) in [6.07, 6.45) is 8.06. The van der Waals surface area contributed by atoms with E-state index in [1.807, 2.05) is 6.07 Å². The Morgan fingerprint density at radius 1 is 0.971 bits per heavy atom. The molecular weight excluding hydrogens is 427 g/mol. The molecule has 0 amide bonds. The first-order valence-corrected chi connectivity index (χ1v) is 13.2. The molecule has 5 heteroatoms. The smallest absolute Gasteiger partial charge is 0.145 e. The number of ether oxygens (including phenoxy) is 2. The zero-order chi connectivity index (χ0) is 23.8. The lowest BCUT2D eigenvalue weighted by atomic mass is 9.76. The van der Waals surface area contributed by atoms with Crippen LogP contribution in [0.25, 0.3) is 0 Å². The molecule has 186 valence electrons. The van der Waals surface area contributed by atoms with E-state index >= 15 is 0 Å². The van der Waals surface area contributed by atoms with Crippen molar-refractivity contribution in [3.8, 4) is 5.75 Å². The first-order chi connectivity index (χ1) is 16.7. The summed E-state index contributed by atoms with van der Waals surface area (Å²) in [6, 6.07) is 15.9. The molecule has 1 saturated heterocycles. The van der Waals surface area contributed by atoms with E-state index in [4.69, 9.17) is 9.47 Å². The summed E-state index contributed by atoms with van der Waals surface area (Å²) in [5.41, 5.74) is 2.40. The molecule has 2 aromatic rings. The third kappa shape index (κ3) is 6.31. The van der Waals surface area contributed by atoms with Crippen LogP contribution in [0.1, 0.15) is 56.9 Å². The zero-order valence-electron chi connectivity index (χ0n) is 20.9. The number of hydrogen-bond donors (Lipinski definition) is 0. The van der Waals surface area contributed by atoms with Crippen molar-refractivity contribution >= 4 is 5.69 Å². The van der Waals surface area contributed by atoms with Gasteiger partial charge in [-0.2, -0.15) is 0 Å². The standard InChI is InChI=1S/C29H41FN2O2/c1-3-34-29(24-12-8-5-9-13-24)26(23-10-6-4-7-11-23)16-17-31-18-20-32(21-19-31)27-15-14-25(30)22-28(27)33-2/h4,6-7,10-11,14-15,22,24,26,29H,3,5,8-9,12-13,16-21H2,1-2H3. The van der Waals surface area contributed by atoms with Gasteiger partial charge in [0.2, 0.25) is 0 Å². The Labute approximate surface area is 205 Å². The Morgan fingerprint density at radius 2 is 1.71 bits per heavy atom. The van der Waals surface area contributed by atoms with Crippen LogP contribution in [0.5, 0.6) is 5.75 Å². The maximum atomic E-state index is 13.6. The van der Waals surface area contributed by atoms with Gasteiger partial charge in [-0.25, -0.2) is 4.39 Å². The van der Waals surface area contributed by atoms with Crippen LogP contribution in [0.2, 0.25) is 0 Å². The highest BCUT2D eigenvalue weighted by Gasteiger charge is 2.32. The fraction of sp³-hybridized carbons (Fsp3) is 0.586. The minimum Gasteiger partial charge on any atom is -0.494 e. The number of anilines is 1. The first kappa shape index (κ1) is 25.0. The third-order valence-corrected chi connectivity index (χ3v) is 7.71. The van der Waals surface area contributed by atoms with Crippen molar-refractivity contribution in [2.24, 2.45) is 5.92 Å². The highest BCUT2D eigenvalue weighted by atomic mass is 19.1. The second-order valence-electron chi connectivity index (χ2n) is 9.77. The number of hydrogen-bond acceptors (Lipinski definition) is 4. The lowest BCUT2D eigenvalue weighted by Gasteiger charge is -2.39. The summed E-state index contributed by atoms with van der Waals surface area (Å²) in [5, 5.41) is 0. The molecule has 0 N–H and O–H groups in total. The maximum absolute atomic E-state index is 13.6. The van der Waals surface area contributed by atoms with Gasteiger partial charge in [-0.3, -0.25) is 4.90 Å². The molecule has 1 aliphatic carbocycles. The SMILES string of the molecule is CCOC(C1CCCCC1)C(CCN1CCN(c2ccc(F)cc2OC)CC1)c1ccccc1. The molecule has 2 aliphatic rings. The van der Waals surface area contributed by atoms with E-state index in [0.29, 0.717) is 23.7 Å². The number of methoxy groups -OCH3 is 1. The summed E-state index contributed by atoms with van der Waals surface area (Å²) in [4.78, 5) is 4.89. The molecule has 4 nitrogen and oxygen atoms in total. The summed E-state index contributed by atoms with van der Waals surface area (Å²) >= 11 is 0. The van der Waals surface area contributed by atoms with Crippen molar-refractivity contribution in [2.45, 2.75) is 57.5 Å². The number of piperazine rings is 1. The molecule has 0 spiro atoms. The molecule has 2 atom stereocenters. The first-order valence-electron chi connectivity index (χ1n) is 13.2. The predicted molar refractivity (Wildman–Crippen MR) is 137 cm³/mol. The van der Waals surface area contributed by atoms with E-state index in [9.17, 15) is 4.39 Å². The molecule has 2 aromatic carbocycles. The summed E-state index contributed by atoms with van der Waals surface area (Å²) in [7, 11) is 1.61. The Hall–Kier alpha value is -2.11. The maximum Gasteiger partial charge on any atom is 0.145 e. The normalized spacial score (nSPS) is 19.7. The van der Waals surface area contributed by atoms with Gasteiger partial charge < -0.3 is 14.4 Å². The Kier molecular flexibility index (Phi) is 9.23. The average Bonchev–Trinajstić information content (AvgIpc) is 2.89. The van der Waals surface area contributed by atoms with Crippen molar-refractivity contribution in [3.63, 3.8) is 0 Å². The fourth-order valence-electron chi connectivity index (χ4n) is 5.90. The van der Waals surface area contributed by atoms with Crippen LogP contribution in [0.15, 0.2) is 48.5 Å². The van der Waals surface area contributed by atoms with Crippen molar-refractivity contribution in [3.05, 3.63) is 59.9 Å². The zero-order valence-corrected chi connectivity index (χ0v) is 20.9. The molecular formula is C29H41FN2O2. The van der Waals surface area contributed by atoms with E-state index in [2.05, 4.69) is 47.1 Å². The average molecular weight is 469 g/mol. The van der Waals surface area contributed by atoms with Gasteiger partial charge in [0, 0.05) is 44.8 Å². The van der Waals surface area contributed by atoms with Crippen LogP contribution < -0.4 is 9.64 Å². The van der Waals surface area contributed by atoms with Gasteiger partial charge in [0.25, 0.3) is 0 Å². The number of benzene rings is 2. The number of halogens is 1. The van der Waals surface area contributed by atoms with Crippen LogP contribution in [-0.2, 0) is 4.74 Å². The van der Waals surface area contributed by atoms with Crippen molar-refractivity contribution in [1.29, 1.82) is 0 Å².